The van der Waals surface area contributed by atoms with Crippen molar-refractivity contribution >= 4 is 23.5 Å². The number of aromatic nitrogens is 3. The smallest absolute Gasteiger partial charge is 0.282 e. The molecule has 1 aliphatic rings. The summed E-state index contributed by atoms with van der Waals surface area (Å²) in [4.78, 5) is 28.2. The van der Waals surface area contributed by atoms with Gasteiger partial charge in [0, 0.05) is 11.3 Å². The largest absolute Gasteiger partial charge is 0.454 e. The highest BCUT2D eigenvalue weighted by atomic mass is 16.7. The molecule has 11 nitrogen and oxygen atoms in total. The van der Waals surface area contributed by atoms with Gasteiger partial charge in [0.1, 0.15) is 5.56 Å². The highest BCUT2D eigenvalue weighted by Gasteiger charge is 2.23. The maximum absolute atomic E-state index is 12.8. The number of hydrogen-bond acceptors (Lipinski definition) is 8. The first kappa shape index (κ1) is 20.1. The Morgan fingerprint density at radius 2 is 1.97 bits per heavy atom. The van der Waals surface area contributed by atoms with E-state index in [4.69, 9.17) is 9.47 Å². The van der Waals surface area contributed by atoms with Gasteiger partial charge in [0.25, 0.3) is 11.6 Å². The Kier molecular flexibility index (Phi) is 4.90. The number of nitro groups is 1. The summed E-state index contributed by atoms with van der Waals surface area (Å²) in [5.41, 5.74) is 5.31. The minimum Gasteiger partial charge on any atom is -0.454 e. The van der Waals surface area contributed by atoms with Crippen LogP contribution in [0.4, 0.5) is 5.69 Å². The van der Waals surface area contributed by atoms with Crippen LogP contribution in [0.15, 0.2) is 59.8 Å². The van der Waals surface area contributed by atoms with Crippen molar-refractivity contribution in [2.75, 3.05) is 6.79 Å². The third-order valence-corrected chi connectivity index (χ3v) is 5.05. The summed E-state index contributed by atoms with van der Waals surface area (Å²) >= 11 is 0. The van der Waals surface area contributed by atoms with Crippen LogP contribution in [0.3, 0.4) is 0 Å². The van der Waals surface area contributed by atoms with E-state index >= 15 is 0 Å². The van der Waals surface area contributed by atoms with Crippen molar-refractivity contribution in [3.63, 3.8) is 0 Å². The Balaban J connectivity index is 1.43. The number of carbonyl (C=O) groups excluding carboxylic acids is 1. The summed E-state index contributed by atoms with van der Waals surface area (Å²) in [5, 5.41) is 19.5. The van der Waals surface area contributed by atoms with Gasteiger partial charge in [-0.25, -0.2) is 14.9 Å². The van der Waals surface area contributed by atoms with E-state index in [2.05, 4.69) is 20.6 Å². The van der Waals surface area contributed by atoms with E-state index in [9.17, 15) is 14.9 Å². The van der Waals surface area contributed by atoms with Gasteiger partial charge in [-0.3, -0.25) is 14.9 Å². The molecule has 0 bridgehead atoms. The monoisotopic (exact) mass is 444 g/mol. The minimum atomic E-state index is -0.561. The van der Waals surface area contributed by atoms with Crippen LogP contribution in [0.1, 0.15) is 21.6 Å². The van der Waals surface area contributed by atoms with Crippen molar-refractivity contribution in [3.05, 3.63) is 81.7 Å². The van der Waals surface area contributed by atoms with Crippen LogP contribution in [0.2, 0.25) is 0 Å². The van der Waals surface area contributed by atoms with E-state index in [1.807, 2.05) is 43.3 Å². The molecular weight excluding hydrogens is 428 g/mol. The number of nitrogens with one attached hydrogen (secondary N) is 1. The molecule has 0 unspecified atom stereocenters. The molecule has 3 heterocycles. The lowest BCUT2D eigenvalue weighted by molar-refractivity contribution is -0.385. The van der Waals surface area contributed by atoms with Crippen LogP contribution in [-0.4, -0.2) is 38.4 Å². The Morgan fingerprint density at radius 3 is 2.73 bits per heavy atom. The van der Waals surface area contributed by atoms with Gasteiger partial charge in [-0.2, -0.15) is 10.2 Å². The second kappa shape index (κ2) is 8.04. The van der Waals surface area contributed by atoms with Crippen LogP contribution in [0.5, 0.6) is 11.5 Å². The van der Waals surface area contributed by atoms with Crippen molar-refractivity contribution in [1.29, 1.82) is 0 Å². The lowest BCUT2D eigenvalue weighted by Crippen LogP contribution is -2.18. The number of rotatable bonds is 5. The molecule has 1 N–H and O–H groups in total. The number of hydrazone groups is 1. The molecule has 5 rings (SSSR count). The van der Waals surface area contributed by atoms with Gasteiger partial charge in [-0.15, -0.1) is 0 Å². The molecule has 0 radical (unpaired) electrons. The topological polar surface area (TPSA) is 133 Å². The Morgan fingerprint density at radius 1 is 1.21 bits per heavy atom. The molecule has 0 spiro atoms. The number of ether oxygens (including phenoxy) is 2. The summed E-state index contributed by atoms with van der Waals surface area (Å²) in [6.07, 6.45) is 2.58. The number of fused-ring (bicyclic) bond motifs is 2. The third kappa shape index (κ3) is 3.71. The third-order valence-electron chi connectivity index (χ3n) is 5.05. The van der Waals surface area contributed by atoms with Gasteiger partial charge in [-0.1, -0.05) is 30.3 Å². The number of nitro benzene ring substituents is 1. The van der Waals surface area contributed by atoms with Crippen LogP contribution in [0.25, 0.3) is 16.9 Å². The number of amides is 1. The van der Waals surface area contributed by atoms with Crippen molar-refractivity contribution in [3.8, 4) is 22.8 Å². The molecule has 2 aromatic heterocycles. The summed E-state index contributed by atoms with van der Waals surface area (Å²) in [6, 6.07) is 14.2. The zero-order valence-corrected chi connectivity index (χ0v) is 17.3. The minimum absolute atomic E-state index is 0.0179. The Hall–Kier alpha value is -4.80. The van der Waals surface area contributed by atoms with Gasteiger partial charge in [0.2, 0.25) is 6.79 Å². The standard InChI is InChI=1S/C22H16N6O5/c1-13-7-17(14-5-3-2-4-6-14)25-21-16(11-24-27(13)21)22(29)26-23-10-15-8-19-20(33-12-32-19)9-18(15)28(30)31/h2-11H,12H2,1H3,(H,26,29)/b23-10+. The Bertz CT molecular complexity index is 1430. The predicted molar refractivity (Wildman–Crippen MR) is 117 cm³/mol. The van der Waals surface area contributed by atoms with Crippen molar-refractivity contribution < 1.29 is 19.2 Å². The molecule has 0 fully saturated rings. The summed E-state index contributed by atoms with van der Waals surface area (Å²) in [6.45, 7) is 1.85. The fraction of sp³-hybridized carbons (Fsp3) is 0.0909. The number of nitrogens with zero attached hydrogens (tertiary/aromatic N) is 5. The zero-order valence-electron chi connectivity index (χ0n) is 17.3. The lowest BCUT2D eigenvalue weighted by Gasteiger charge is -2.06. The van der Waals surface area contributed by atoms with Crippen LogP contribution < -0.4 is 14.9 Å². The van der Waals surface area contributed by atoms with E-state index in [0.717, 1.165) is 11.3 Å². The molecule has 11 heteroatoms. The summed E-state index contributed by atoms with van der Waals surface area (Å²) in [7, 11) is 0. The Labute approximate surface area is 186 Å². The van der Waals surface area contributed by atoms with Gasteiger partial charge >= 0.3 is 0 Å². The second-order valence-corrected chi connectivity index (χ2v) is 7.16. The number of aryl methyl sites for hydroxylation is 1. The number of carbonyl (C=O) groups is 1. The number of benzene rings is 2. The molecule has 2 aromatic carbocycles. The molecule has 164 valence electrons. The van der Waals surface area contributed by atoms with Crippen molar-refractivity contribution in [2.24, 2.45) is 5.10 Å². The summed E-state index contributed by atoms with van der Waals surface area (Å²) in [5.74, 6) is 0.0933. The molecule has 1 amide bonds. The van der Waals surface area contributed by atoms with Gasteiger partial charge in [0.05, 0.1) is 34.7 Å². The maximum Gasteiger partial charge on any atom is 0.282 e. The van der Waals surface area contributed by atoms with E-state index in [0.29, 0.717) is 17.1 Å². The predicted octanol–water partition coefficient (Wildman–Crippen LogP) is 3.11. The zero-order chi connectivity index (χ0) is 22.9. The van der Waals surface area contributed by atoms with Gasteiger partial charge in [0.15, 0.2) is 17.1 Å². The quantitative estimate of drug-likeness (QED) is 0.284. The average Bonchev–Trinajstić information content (AvgIpc) is 3.45. The molecule has 0 saturated heterocycles. The maximum atomic E-state index is 12.8. The fourth-order valence-electron chi connectivity index (χ4n) is 3.46. The molecule has 0 aliphatic carbocycles. The molecule has 4 aromatic rings. The first-order chi connectivity index (χ1) is 16.0. The van der Waals surface area contributed by atoms with Crippen LogP contribution in [0, 0.1) is 17.0 Å². The molecule has 0 atom stereocenters. The van der Waals surface area contributed by atoms with Crippen LogP contribution >= 0.6 is 0 Å². The molecule has 0 saturated carbocycles. The van der Waals surface area contributed by atoms with E-state index < -0.39 is 10.8 Å². The normalized spacial score (nSPS) is 12.4. The summed E-state index contributed by atoms with van der Waals surface area (Å²) < 4.78 is 12.0. The molecular formula is C22H16N6O5. The first-order valence-electron chi connectivity index (χ1n) is 9.83. The van der Waals surface area contributed by atoms with Gasteiger partial charge < -0.3 is 9.47 Å². The lowest BCUT2D eigenvalue weighted by atomic mass is 10.1. The highest BCUT2D eigenvalue weighted by Crippen LogP contribution is 2.37. The SMILES string of the molecule is Cc1cc(-c2ccccc2)nc2c(C(=O)N/N=C/c3cc4c(cc3[N+](=O)[O-])OCO4)cnn12. The van der Waals surface area contributed by atoms with E-state index in [-0.39, 0.29) is 29.4 Å². The van der Waals surface area contributed by atoms with E-state index in [1.165, 1.54) is 24.5 Å². The molecule has 1 aliphatic heterocycles. The average molecular weight is 444 g/mol. The molecule has 33 heavy (non-hydrogen) atoms. The fourth-order valence-corrected chi connectivity index (χ4v) is 3.46. The van der Waals surface area contributed by atoms with Gasteiger partial charge in [-0.05, 0) is 19.1 Å². The highest BCUT2D eigenvalue weighted by molar-refractivity contribution is 6.00. The van der Waals surface area contributed by atoms with Crippen molar-refractivity contribution in [2.45, 2.75) is 6.92 Å². The first-order valence-corrected chi connectivity index (χ1v) is 9.83. The second-order valence-electron chi connectivity index (χ2n) is 7.16. The van der Waals surface area contributed by atoms with E-state index in [1.54, 1.807) is 4.52 Å². The van der Waals surface area contributed by atoms with Crippen molar-refractivity contribution in [1.82, 2.24) is 20.0 Å². The number of hydrogen-bond donors (Lipinski definition) is 1. The van der Waals surface area contributed by atoms with Crippen LogP contribution in [-0.2, 0) is 0 Å².